The van der Waals surface area contributed by atoms with Crippen molar-refractivity contribution in [3.05, 3.63) is 29.8 Å². The molecule has 0 bridgehead atoms. The zero-order valence-electron chi connectivity index (χ0n) is 14.7. The Morgan fingerprint density at radius 1 is 1.28 bits per heavy atom. The third kappa shape index (κ3) is 3.79. The number of hydrogen-bond acceptors (Lipinski definition) is 4. The van der Waals surface area contributed by atoms with Crippen LogP contribution in [0.15, 0.2) is 24.3 Å². The molecule has 0 unspecified atom stereocenters. The van der Waals surface area contributed by atoms with Crippen molar-refractivity contribution in [1.29, 1.82) is 0 Å². The molecule has 1 aliphatic carbocycles. The Hall–Kier alpha value is -2.08. The molecule has 2 N–H and O–H groups in total. The fourth-order valence-corrected chi connectivity index (χ4v) is 3.65. The van der Waals surface area contributed by atoms with Crippen LogP contribution in [-0.4, -0.2) is 46.7 Å². The van der Waals surface area contributed by atoms with E-state index in [-0.39, 0.29) is 19.1 Å². The lowest BCUT2D eigenvalue weighted by Crippen LogP contribution is -2.48. The Balaban J connectivity index is 1.56. The number of aliphatic hydroxyl groups excluding tert-OH is 1. The summed E-state index contributed by atoms with van der Waals surface area (Å²) in [7, 11) is 0. The van der Waals surface area contributed by atoms with Crippen LogP contribution in [0.4, 0.5) is 4.79 Å². The average molecular weight is 346 g/mol. The maximum Gasteiger partial charge on any atom is 0.325 e. The smallest absolute Gasteiger partial charge is 0.325 e. The Morgan fingerprint density at radius 2 is 2.04 bits per heavy atom. The second-order valence-corrected chi connectivity index (χ2v) is 6.95. The number of nitrogens with zero attached hydrogens (tertiary/aromatic N) is 1. The monoisotopic (exact) mass is 346 g/mol. The molecule has 1 saturated heterocycles. The number of urea groups is 1. The summed E-state index contributed by atoms with van der Waals surface area (Å²) in [4.78, 5) is 26.0. The molecular weight excluding hydrogens is 320 g/mol. The lowest BCUT2D eigenvalue weighted by molar-refractivity contribution is -0.133. The first-order chi connectivity index (χ1) is 12.0. The zero-order valence-corrected chi connectivity index (χ0v) is 14.7. The van der Waals surface area contributed by atoms with Crippen molar-refractivity contribution in [3.8, 4) is 5.75 Å². The molecule has 1 aliphatic heterocycles. The number of rotatable bonds is 6. The van der Waals surface area contributed by atoms with Crippen LogP contribution in [-0.2, 0) is 11.2 Å². The molecule has 1 aromatic carbocycles. The summed E-state index contributed by atoms with van der Waals surface area (Å²) < 4.78 is 5.61. The van der Waals surface area contributed by atoms with E-state index in [9.17, 15) is 14.7 Å². The van der Waals surface area contributed by atoms with Crippen LogP contribution >= 0.6 is 0 Å². The molecule has 6 heteroatoms. The lowest BCUT2D eigenvalue weighted by atomic mass is 9.82. The van der Waals surface area contributed by atoms with Gasteiger partial charge in [0.15, 0.2) is 0 Å². The molecule has 1 spiro atoms. The van der Waals surface area contributed by atoms with Crippen molar-refractivity contribution in [2.45, 2.75) is 57.1 Å². The van der Waals surface area contributed by atoms with Gasteiger partial charge in [0.2, 0.25) is 0 Å². The summed E-state index contributed by atoms with van der Waals surface area (Å²) in [6.45, 7) is 2.06. The molecule has 136 valence electrons. The van der Waals surface area contributed by atoms with E-state index in [1.165, 1.54) is 0 Å². The molecule has 0 radical (unpaired) electrons. The van der Waals surface area contributed by atoms with Crippen molar-refractivity contribution in [1.82, 2.24) is 10.2 Å². The van der Waals surface area contributed by atoms with Crippen LogP contribution in [0.3, 0.4) is 0 Å². The Labute approximate surface area is 148 Å². The fraction of sp³-hybridized carbons (Fsp3) is 0.579. The maximum atomic E-state index is 12.7. The van der Waals surface area contributed by atoms with Gasteiger partial charge < -0.3 is 15.2 Å². The van der Waals surface area contributed by atoms with E-state index in [1.54, 1.807) is 0 Å². The zero-order chi connectivity index (χ0) is 17.9. The number of aliphatic hydroxyl groups is 1. The topological polar surface area (TPSA) is 78.9 Å². The summed E-state index contributed by atoms with van der Waals surface area (Å²) in [6.07, 6.45) is 4.34. The summed E-state index contributed by atoms with van der Waals surface area (Å²) >= 11 is 0. The minimum absolute atomic E-state index is 0.0389. The number of hydrogen-bond donors (Lipinski definition) is 2. The summed E-state index contributed by atoms with van der Waals surface area (Å²) in [5, 5.41) is 13.1. The first-order valence-electron chi connectivity index (χ1n) is 9.08. The number of β-amino-alcohol motifs (C(OH)–C–C–N with tert-alkyl or cyclic N) is 1. The number of aryl methyl sites for hydroxylation is 1. The summed E-state index contributed by atoms with van der Waals surface area (Å²) in [5.74, 6) is 0.476. The minimum atomic E-state index is -0.918. The number of carbonyl (C=O) groups excluding carboxylic acids is 2. The van der Waals surface area contributed by atoms with Gasteiger partial charge in [0.25, 0.3) is 5.91 Å². The van der Waals surface area contributed by atoms with Gasteiger partial charge >= 0.3 is 6.03 Å². The highest BCUT2D eigenvalue weighted by molar-refractivity contribution is 6.07. The van der Waals surface area contributed by atoms with E-state index in [0.29, 0.717) is 18.6 Å². The number of amides is 3. The second-order valence-electron chi connectivity index (χ2n) is 6.95. The molecular formula is C19H26N2O4. The fourth-order valence-electron chi connectivity index (χ4n) is 3.65. The standard InChI is InChI=1S/C19H26N2O4/c1-2-14-7-6-8-16(11-14)25-13-15(22)12-21-17(23)19(20-18(21)24)9-4-3-5-10-19/h6-8,11,15,22H,2-5,9-10,12-13H2,1H3,(H,20,24)/t15-/m0/s1. The molecule has 1 aromatic rings. The van der Waals surface area contributed by atoms with Gasteiger partial charge in [0, 0.05) is 0 Å². The van der Waals surface area contributed by atoms with Gasteiger partial charge in [0.1, 0.15) is 24.0 Å². The van der Waals surface area contributed by atoms with Gasteiger partial charge in [-0.1, -0.05) is 38.3 Å². The normalized spacial score (nSPS) is 20.6. The molecule has 2 aliphatic rings. The van der Waals surface area contributed by atoms with Crippen molar-refractivity contribution in [3.63, 3.8) is 0 Å². The SMILES string of the molecule is CCc1cccc(OC[C@@H](O)CN2C(=O)NC3(CCCCC3)C2=O)c1. The first kappa shape index (κ1) is 17.7. The van der Waals surface area contributed by atoms with Crippen LogP contribution in [0, 0.1) is 0 Å². The molecule has 1 saturated carbocycles. The lowest BCUT2D eigenvalue weighted by Gasteiger charge is -2.30. The largest absolute Gasteiger partial charge is 0.491 e. The van der Waals surface area contributed by atoms with E-state index in [0.717, 1.165) is 36.1 Å². The van der Waals surface area contributed by atoms with Gasteiger partial charge in [0.05, 0.1) is 6.54 Å². The van der Waals surface area contributed by atoms with E-state index in [1.807, 2.05) is 24.3 Å². The number of imide groups is 1. The van der Waals surface area contributed by atoms with Crippen LogP contribution in [0.1, 0.15) is 44.6 Å². The molecule has 1 atom stereocenters. The van der Waals surface area contributed by atoms with Crippen LogP contribution in [0.2, 0.25) is 0 Å². The molecule has 0 aromatic heterocycles. The second kappa shape index (κ2) is 7.44. The van der Waals surface area contributed by atoms with Crippen molar-refractivity contribution in [2.24, 2.45) is 0 Å². The van der Waals surface area contributed by atoms with Gasteiger partial charge in [-0.15, -0.1) is 0 Å². The van der Waals surface area contributed by atoms with E-state index in [4.69, 9.17) is 4.74 Å². The van der Waals surface area contributed by atoms with Gasteiger partial charge in [-0.25, -0.2) is 4.79 Å². The molecule has 1 heterocycles. The molecule has 3 rings (SSSR count). The maximum absolute atomic E-state index is 12.7. The van der Waals surface area contributed by atoms with Crippen LogP contribution < -0.4 is 10.1 Å². The van der Waals surface area contributed by atoms with Crippen LogP contribution in [0.5, 0.6) is 5.75 Å². The predicted octanol–water partition coefficient (Wildman–Crippen LogP) is 2.24. The predicted molar refractivity (Wildman–Crippen MR) is 93.4 cm³/mol. The molecule has 6 nitrogen and oxygen atoms in total. The van der Waals surface area contributed by atoms with E-state index in [2.05, 4.69) is 12.2 Å². The minimum Gasteiger partial charge on any atom is -0.491 e. The third-order valence-corrected chi connectivity index (χ3v) is 5.10. The van der Waals surface area contributed by atoms with E-state index < -0.39 is 17.7 Å². The quantitative estimate of drug-likeness (QED) is 0.775. The Morgan fingerprint density at radius 3 is 2.76 bits per heavy atom. The highest BCUT2D eigenvalue weighted by atomic mass is 16.5. The highest BCUT2D eigenvalue weighted by Crippen LogP contribution is 2.33. The number of nitrogens with one attached hydrogen (secondary N) is 1. The number of ether oxygens (including phenoxy) is 1. The van der Waals surface area contributed by atoms with Gasteiger partial charge in [-0.05, 0) is 37.0 Å². The van der Waals surface area contributed by atoms with Crippen LogP contribution in [0.25, 0.3) is 0 Å². The number of carbonyl (C=O) groups is 2. The van der Waals surface area contributed by atoms with Crippen molar-refractivity contribution < 1.29 is 19.4 Å². The molecule has 25 heavy (non-hydrogen) atoms. The summed E-state index contributed by atoms with van der Waals surface area (Å²) in [6, 6.07) is 7.28. The van der Waals surface area contributed by atoms with Gasteiger partial charge in [-0.3, -0.25) is 9.69 Å². The third-order valence-electron chi connectivity index (χ3n) is 5.10. The first-order valence-corrected chi connectivity index (χ1v) is 9.08. The van der Waals surface area contributed by atoms with Gasteiger partial charge in [-0.2, -0.15) is 0 Å². The van der Waals surface area contributed by atoms with Crippen molar-refractivity contribution >= 4 is 11.9 Å². The highest BCUT2D eigenvalue weighted by Gasteiger charge is 2.51. The van der Waals surface area contributed by atoms with E-state index >= 15 is 0 Å². The Bertz CT molecular complexity index is 640. The molecule has 2 fully saturated rings. The Kier molecular flexibility index (Phi) is 5.27. The average Bonchev–Trinajstić information content (AvgIpc) is 2.85. The van der Waals surface area contributed by atoms with Crippen molar-refractivity contribution in [2.75, 3.05) is 13.2 Å². The number of benzene rings is 1. The summed E-state index contributed by atoms with van der Waals surface area (Å²) in [5.41, 5.74) is 0.408. The molecule has 3 amide bonds.